The van der Waals surface area contributed by atoms with E-state index in [0.717, 1.165) is 5.56 Å². The minimum atomic E-state index is -0.307. The highest BCUT2D eigenvalue weighted by atomic mass is 35.5. The Morgan fingerprint density at radius 3 is 2.39 bits per heavy atom. The van der Waals surface area contributed by atoms with Crippen molar-refractivity contribution in [3.63, 3.8) is 0 Å². The van der Waals surface area contributed by atoms with Gasteiger partial charge in [-0.05, 0) is 36.4 Å². The third-order valence-electron chi connectivity index (χ3n) is 3.91. The lowest BCUT2D eigenvalue weighted by atomic mass is 10.2. The fourth-order valence-electron chi connectivity index (χ4n) is 2.49. The number of carbonyl (C=O) groups excluding carboxylic acids is 2. The number of hydrogen-bond acceptors (Lipinski definition) is 4. The maximum absolute atomic E-state index is 12.1. The molecule has 0 radical (unpaired) electrons. The van der Waals surface area contributed by atoms with Gasteiger partial charge < -0.3 is 20.4 Å². The number of halogens is 1. The van der Waals surface area contributed by atoms with E-state index in [4.69, 9.17) is 16.0 Å². The van der Waals surface area contributed by atoms with Gasteiger partial charge in [0, 0.05) is 36.8 Å². The van der Waals surface area contributed by atoms with Gasteiger partial charge in [-0.15, -0.1) is 0 Å². The summed E-state index contributed by atoms with van der Waals surface area (Å²) in [6, 6.07) is 13.9. The van der Waals surface area contributed by atoms with Crippen LogP contribution in [0.3, 0.4) is 0 Å². The molecule has 3 amide bonds. The van der Waals surface area contributed by atoms with E-state index in [9.17, 15) is 9.59 Å². The number of carbonyl (C=O) groups is 2. The highest BCUT2D eigenvalue weighted by Crippen LogP contribution is 2.28. The molecule has 3 N–H and O–H groups in total. The van der Waals surface area contributed by atoms with Gasteiger partial charge in [-0.25, -0.2) is 9.78 Å². The van der Waals surface area contributed by atoms with E-state index in [0.29, 0.717) is 34.5 Å². The van der Waals surface area contributed by atoms with Crippen LogP contribution in [-0.4, -0.2) is 24.0 Å². The fourth-order valence-corrected chi connectivity index (χ4v) is 2.71. The average Bonchev–Trinajstić information content (AvgIpc) is 3.17. The van der Waals surface area contributed by atoms with Crippen molar-refractivity contribution in [2.45, 2.75) is 12.8 Å². The number of urea groups is 1. The molecule has 0 aliphatic carbocycles. The number of amides is 3. The first-order chi connectivity index (χ1) is 13.5. The van der Waals surface area contributed by atoms with E-state index in [1.54, 1.807) is 36.5 Å². The second-order valence-corrected chi connectivity index (χ2v) is 6.33. The van der Waals surface area contributed by atoms with Crippen molar-refractivity contribution in [1.29, 1.82) is 0 Å². The van der Waals surface area contributed by atoms with E-state index in [2.05, 4.69) is 20.9 Å². The number of oxazole rings is 1. The lowest BCUT2D eigenvalue weighted by molar-refractivity contribution is -0.116. The molecule has 1 aromatic heterocycles. The molecular formula is C20H19ClN4O3. The number of hydrogen-bond donors (Lipinski definition) is 3. The number of benzene rings is 2. The molecule has 3 rings (SSSR count). The molecule has 144 valence electrons. The Morgan fingerprint density at radius 2 is 1.71 bits per heavy atom. The van der Waals surface area contributed by atoms with E-state index < -0.39 is 0 Å². The maximum Gasteiger partial charge on any atom is 0.318 e. The zero-order valence-corrected chi connectivity index (χ0v) is 15.9. The quantitative estimate of drug-likeness (QED) is 0.576. The van der Waals surface area contributed by atoms with Crippen molar-refractivity contribution in [2.75, 3.05) is 17.7 Å². The third-order valence-corrected chi connectivity index (χ3v) is 4.24. The molecule has 3 aromatic rings. The molecule has 7 nitrogen and oxygen atoms in total. The number of rotatable bonds is 6. The summed E-state index contributed by atoms with van der Waals surface area (Å²) in [6.07, 6.45) is 2.19. The SMILES string of the molecule is CNC(=O)Nc1ccc(NC(=O)CCc2ncc(-c3ccccc3Cl)o2)cc1. The zero-order chi connectivity index (χ0) is 19.9. The van der Waals surface area contributed by atoms with Crippen LogP contribution in [0.25, 0.3) is 11.3 Å². The summed E-state index contributed by atoms with van der Waals surface area (Å²) in [4.78, 5) is 27.6. The van der Waals surface area contributed by atoms with Crippen molar-refractivity contribution in [3.05, 3.63) is 65.6 Å². The van der Waals surface area contributed by atoms with Crippen molar-refractivity contribution in [1.82, 2.24) is 10.3 Å². The van der Waals surface area contributed by atoms with Crippen molar-refractivity contribution in [2.24, 2.45) is 0 Å². The van der Waals surface area contributed by atoms with Crippen LogP contribution >= 0.6 is 11.6 Å². The first-order valence-corrected chi connectivity index (χ1v) is 9.01. The summed E-state index contributed by atoms with van der Waals surface area (Å²) >= 11 is 6.15. The molecule has 0 saturated heterocycles. The summed E-state index contributed by atoms with van der Waals surface area (Å²) in [5.74, 6) is 0.875. The number of nitrogens with one attached hydrogen (secondary N) is 3. The first-order valence-electron chi connectivity index (χ1n) is 8.63. The monoisotopic (exact) mass is 398 g/mol. The number of aryl methyl sites for hydroxylation is 1. The standard InChI is InChI=1S/C20H19ClN4O3/c1-22-20(27)25-14-8-6-13(7-9-14)24-18(26)10-11-19-23-12-17(28-19)15-4-2-3-5-16(15)21/h2-9,12H,10-11H2,1H3,(H,24,26)(H2,22,25,27). The lowest BCUT2D eigenvalue weighted by Crippen LogP contribution is -2.24. The van der Waals surface area contributed by atoms with Gasteiger partial charge in [0.25, 0.3) is 0 Å². The maximum atomic E-state index is 12.1. The zero-order valence-electron chi connectivity index (χ0n) is 15.2. The van der Waals surface area contributed by atoms with E-state index >= 15 is 0 Å². The van der Waals surface area contributed by atoms with Crippen molar-refractivity contribution >= 4 is 34.9 Å². The van der Waals surface area contributed by atoms with Crippen LogP contribution in [0.5, 0.6) is 0 Å². The molecule has 0 unspecified atom stereocenters. The molecule has 1 heterocycles. The molecule has 0 spiro atoms. The number of aromatic nitrogens is 1. The van der Waals surface area contributed by atoms with Crippen LogP contribution in [0, 0.1) is 0 Å². The van der Waals surface area contributed by atoms with Gasteiger partial charge in [0.1, 0.15) is 0 Å². The molecule has 0 aliphatic heterocycles. The smallest absolute Gasteiger partial charge is 0.318 e. The van der Waals surface area contributed by atoms with Gasteiger partial charge >= 0.3 is 6.03 Å². The molecule has 28 heavy (non-hydrogen) atoms. The second-order valence-electron chi connectivity index (χ2n) is 5.93. The predicted molar refractivity (Wildman–Crippen MR) is 108 cm³/mol. The molecule has 2 aromatic carbocycles. The summed E-state index contributed by atoms with van der Waals surface area (Å²) in [5.41, 5.74) is 2.03. The summed E-state index contributed by atoms with van der Waals surface area (Å²) < 4.78 is 5.69. The van der Waals surface area contributed by atoms with Crippen LogP contribution in [-0.2, 0) is 11.2 Å². The minimum absolute atomic E-state index is 0.162. The normalized spacial score (nSPS) is 10.4. The Labute approximate surface area is 167 Å². The highest BCUT2D eigenvalue weighted by Gasteiger charge is 2.11. The average molecular weight is 399 g/mol. The van der Waals surface area contributed by atoms with Gasteiger partial charge in [-0.2, -0.15) is 0 Å². The van der Waals surface area contributed by atoms with Crippen molar-refractivity contribution < 1.29 is 14.0 Å². The topological polar surface area (TPSA) is 96.3 Å². The molecule has 0 bridgehead atoms. The Kier molecular flexibility index (Phi) is 6.29. The van der Waals surface area contributed by atoms with Gasteiger partial charge in [-0.1, -0.05) is 23.7 Å². The van der Waals surface area contributed by atoms with E-state index in [1.165, 1.54) is 7.05 Å². The molecule has 0 saturated carbocycles. The number of anilines is 2. The minimum Gasteiger partial charge on any atom is -0.441 e. The summed E-state index contributed by atoms with van der Waals surface area (Å²) in [6.45, 7) is 0. The Hall–Kier alpha value is -3.32. The van der Waals surface area contributed by atoms with Crippen LogP contribution < -0.4 is 16.0 Å². The Bertz CT molecular complexity index is 970. The molecular weight excluding hydrogens is 380 g/mol. The Balaban J connectivity index is 1.52. The van der Waals surface area contributed by atoms with Crippen LogP contribution in [0.15, 0.2) is 59.1 Å². The summed E-state index contributed by atoms with van der Waals surface area (Å²) in [5, 5.41) is 8.49. The van der Waals surface area contributed by atoms with Crippen molar-refractivity contribution in [3.8, 4) is 11.3 Å². The van der Waals surface area contributed by atoms with Gasteiger partial charge in [-0.3, -0.25) is 4.79 Å². The second kappa shape index (κ2) is 9.05. The molecule has 8 heteroatoms. The fraction of sp³-hybridized carbons (Fsp3) is 0.150. The Morgan fingerprint density at radius 1 is 1.04 bits per heavy atom. The molecule has 0 aliphatic rings. The molecule has 0 atom stereocenters. The predicted octanol–water partition coefficient (Wildman–Crippen LogP) is 4.32. The van der Waals surface area contributed by atoms with Crippen LogP contribution in [0.4, 0.5) is 16.2 Å². The molecule has 0 fully saturated rings. The van der Waals surface area contributed by atoms with E-state index in [-0.39, 0.29) is 18.4 Å². The number of nitrogens with zero attached hydrogens (tertiary/aromatic N) is 1. The van der Waals surface area contributed by atoms with Crippen LogP contribution in [0.1, 0.15) is 12.3 Å². The van der Waals surface area contributed by atoms with Gasteiger partial charge in [0.15, 0.2) is 11.7 Å². The third kappa shape index (κ3) is 5.11. The largest absolute Gasteiger partial charge is 0.441 e. The summed E-state index contributed by atoms with van der Waals surface area (Å²) in [7, 11) is 1.54. The first kappa shape index (κ1) is 19.4. The van der Waals surface area contributed by atoms with Crippen LogP contribution in [0.2, 0.25) is 5.02 Å². The van der Waals surface area contributed by atoms with Gasteiger partial charge in [0.2, 0.25) is 5.91 Å². The van der Waals surface area contributed by atoms with Gasteiger partial charge in [0.05, 0.1) is 11.2 Å². The van der Waals surface area contributed by atoms with E-state index in [1.807, 2.05) is 18.2 Å². The highest BCUT2D eigenvalue weighted by molar-refractivity contribution is 6.33. The lowest BCUT2D eigenvalue weighted by Gasteiger charge is -2.07.